The van der Waals surface area contributed by atoms with Gasteiger partial charge in [-0.1, -0.05) is 135 Å². The van der Waals surface area contributed by atoms with Crippen molar-refractivity contribution in [3.05, 3.63) is 175 Å². The summed E-state index contributed by atoms with van der Waals surface area (Å²) in [4.78, 5) is 2.44. The van der Waals surface area contributed by atoms with E-state index in [0.717, 1.165) is 17.1 Å². The summed E-state index contributed by atoms with van der Waals surface area (Å²) in [6.07, 6.45) is 0. The van der Waals surface area contributed by atoms with Gasteiger partial charge in [0.05, 0.1) is 0 Å². The van der Waals surface area contributed by atoms with E-state index >= 15 is 0 Å². The zero-order valence-electron chi connectivity index (χ0n) is 26.4. The van der Waals surface area contributed by atoms with Crippen molar-refractivity contribution >= 4 is 48.6 Å². The maximum absolute atomic E-state index is 2.44. The third-order valence-electron chi connectivity index (χ3n) is 9.86. The van der Waals surface area contributed by atoms with E-state index in [1.165, 1.54) is 64.7 Å². The summed E-state index contributed by atoms with van der Waals surface area (Å²) < 4.78 is 2.62. The first-order chi connectivity index (χ1) is 23.1. The first kappa shape index (κ1) is 27.8. The number of fused-ring (bicyclic) bond motifs is 6. The molecule has 9 rings (SSSR count). The Kier molecular flexibility index (Phi) is 6.41. The second kappa shape index (κ2) is 10.8. The standard InChI is InChI=1S/C45H33NS/c1-45(2)40-26-24-34(28-39(40)44-36(20-12-21-41(44)45)31-15-7-4-8-16-31)46(33-18-11-17-32(27-33)30-13-5-3-6-14-30)35-23-25-38-37-19-9-10-22-42(37)47-43(38)29-35/h3-29H,1-2H3. The number of hydrogen-bond donors (Lipinski definition) is 0. The minimum absolute atomic E-state index is 0.0952. The number of anilines is 3. The molecule has 1 nitrogen and oxygen atoms in total. The molecule has 0 saturated carbocycles. The molecule has 1 aromatic heterocycles. The predicted molar refractivity (Wildman–Crippen MR) is 202 cm³/mol. The van der Waals surface area contributed by atoms with E-state index in [4.69, 9.17) is 0 Å². The third kappa shape index (κ3) is 4.52. The zero-order chi connectivity index (χ0) is 31.5. The number of rotatable bonds is 5. The van der Waals surface area contributed by atoms with Crippen LogP contribution >= 0.6 is 11.3 Å². The van der Waals surface area contributed by atoms with Crippen molar-refractivity contribution in [1.29, 1.82) is 0 Å². The van der Waals surface area contributed by atoms with Gasteiger partial charge in [-0.05, 0) is 87.0 Å². The molecule has 1 aliphatic carbocycles. The van der Waals surface area contributed by atoms with Crippen LogP contribution in [-0.2, 0) is 5.41 Å². The molecule has 224 valence electrons. The molecule has 8 aromatic rings. The van der Waals surface area contributed by atoms with Crippen molar-refractivity contribution in [2.45, 2.75) is 19.3 Å². The fourth-order valence-electron chi connectivity index (χ4n) is 7.55. The molecule has 2 heteroatoms. The topological polar surface area (TPSA) is 3.24 Å². The molecular weight excluding hydrogens is 587 g/mol. The van der Waals surface area contributed by atoms with E-state index in [1.807, 2.05) is 11.3 Å². The van der Waals surface area contributed by atoms with Gasteiger partial charge in [-0.15, -0.1) is 11.3 Å². The van der Waals surface area contributed by atoms with E-state index in [2.05, 4.69) is 183 Å². The molecule has 0 saturated heterocycles. The van der Waals surface area contributed by atoms with Gasteiger partial charge in [0.1, 0.15) is 0 Å². The maximum Gasteiger partial charge on any atom is 0.0476 e. The van der Waals surface area contributed by atoms with Crippen molar-refractivity contribution in [2.75, 3.05) is 4.90 Å². The van der Waals surface area contributed by atoms with Crippen LogP contribution < -0.4 is 4.90 Å². The first-order valence-corrected chi connectivity index (χ1v) is 17.1. The summed E-state index contributed by atoms with van der Waals surface area (Å²) in [5.41, 5.74) is 13.7. The van der Waals surface area contributed by atoms with Gasteiger partial charge < -0.3 is 4.90 Å². The van der Waals surface area contributed by atoms with E-state index in [9.17, 15) is 0 Å². The first-order valence-electron chi connectivity index (χ1n) is 16.3. The van der Waals surface area contributed by atoms with E-state index in [-0.39, 0.29) is 5.41 Å². The summed E-state index contributed by atoms with van der Waals surface area (Å²) in [7, 11) is 0. The summed E-state index contributed by atoms with van der Waals surface area (Å²) in [5, 5.41) is 2.63. The third-order valence-corrected chi connectivity index (χ3v) is 11.0. The summed E-state index contributed by atoms with van der Waals surface area (Å²) in [6, 6.07) is 60.1. The van der Waals surface area contributed by atoms with Crippen LogP contribution in [0, 0.1) is 0 Å². The van der Waals surface area contributed by atoms with Crippen molar-refractivity contribution in [2.24, 2.45) is 0 Å². The Morgan fingerprint density at radius 3 is 1.89 bits per heavy atom. The van der Waals surface area contributed by atoms with Crippen LogP contribution in [0.25, 0.3) is 53.6 Å². The summed E-state index contributed by atoms with van der Waals surface area (Å²) in [5.74, 6) is 0. The van der Waals surface area contributed by atoms with Gasteiger partial charge in [-0.2, -0.15) is 0 Å². The van der Waals surface area contributed by atoms with Gasteiger partial charge in [0.15, 0.2) is 0 Å². The average Bonchev–Trinajstić information content (AvgIpc) is 3.60. The summed E-state index contributed by atoms with van der Waals surface area (Å²) >= 11 is 1.87. The van der Waals surface area contributed by atoms with E-state index in [0.29, 0.717) is 0 Å². The fourth-order valence-corrected chi connectivity index (χ4v) is 8.69. The van der Waals surface area contributed by atoms with E-state index < -0.39 is 0 Å². The van der Waals surface area contributed by atoms with Crippen molar-refractivity contribution in [1.82, 2.24) is 0 Å². The normalized spacial score (nSPS) is 13.1. The molecule has 0 atom stereocenters. The molecule has 0 N–H and O–H groups in total. The highest BCUT2D eigenvalue weighted by Gasteiger charge is 2.37. The predicted octanol–water partition coefficient (Wildman–Crippen LogP) is 13.2. The van der Waals surface area contributed by atoms with Crippen LogP contribution in [0.3, 0.4) is 0 Å². The highest BCUT2D eigenvalue weighted by molar-refractivity contribution is 7.25. The van der Waals surface area contributed by atoms with Gasteiger partial charge in [0.2, 0.25) is 0 Å². The maximum atomic E-state index is 2.44. The Hall–Kier alpha value is -5.44. The second-order valence-corrected chi connectivity index (χ2v) is 14.1. The number of thiophene rings is 1. The molecule has 1 heterocycles. The quantitative estimate of drug-likeness (QED) is 0.185. The van der Waals surface area contributed by atoms with Gasteiger partial charge >= 0.3 is 0 Å². The molecule has 0 amide bonds. The van der Waals surface area contributed by atoms with Crippen LogP contribution in [-0.4, -0.2) is 0 Å². The van der Waals surface area contributed by atoms with Crippen molar-refractivity contribution < 1.29 is 0 Å². The molecule has 0 fully saturated rings. The lowest BCUT2D eigenvalue weighted by Crippen LogP contribution is -2.15. The highest BCUT2D eigenvalue weighted by Crippen LogP contribution is 2.54. The molecule has 1 aliphatic rings. The van der Waals surface area contributed by atoms with Crippen LogP contribution in [0.4, 0.5) is 17.1 Å². The second-order valence-electron chi connectivity index (χ2n) is 13.0. The lowest BCUT2D eigenvalue weighted by molar-refractivity contribution is 0.660. The number of nitrogens with zero attached hydrogens (tertiary/aromatic N) is 1. The molecule has 0 spiro atoms. The Balaban J connectivity index is 1.27. The molecular formula is C45H33NS. The van der Waals surface area contributed by atoms with Gasteiger partial charge in [0, 0.05) is 42.6 Å². The molecule has 0 unspecified atom stereocenters. The van der Waals surface area contributed by atoms with Crippen LogP contribution in [0.5, 0.6) is 0 Å². The van der Waals surface area contributed by atoms with Crippen molar-refractivity contribution in [3.8, 4) is 33.4 Å². The van der Waals surface area contributed by atoms with Gasteiger partial charge in [0.25, 0.3) is 0 Å². The monoisotopic (exact) mass is 619 g/mol. The summed E-state index contributed by atoms with van der Waals surface area (Å²) in [6.45, 7) is 4.73. The van der Waals surface area contributed by atoms with Crippen molar-refractivity contribution in [3.63, 3.8) is 0 Å². The molecule has 47 heavy (non-hydrogen) atoms. The Bertz CT molecular complexity index is 2440. The Morgan fingerprint density at radius 1 is 0.426 bits per heavy atom. The molecule has 0 bridgehead atoms. The van der Waals surface area contributed by atoms with E-state index in [1.54, 1.807) is 0 Å². The number of hydrogen-bond acceptors (Lipinski definition) is 2. The number of benzene rings is 7. The zero-order valence-corrected chi connectivity index (χ0v) is 27.3. The Labute approximate surface area is 280 Å². The minimum atomic E-state index is -0.0952. The van der Waals surface area contributed by atoms with Gasteiger partial charge in [-0.25, -0.2) is 0 Å². The van der Waals surface area contributed by atoms with Crippen LogP contribution in [0.1, 0.15) is 25.0 Å². The average molecular weight is 620 g/mol. The largest absolute Gasteiger partial charge is 0.310 e. The lowest BCUT2D eigenvalue weighted by atomic mass is 9.82. The SMILES string of the molecule is CC1(C)c2ccc(N(c3cccc(-c4ccccc4)c3)c3ccc4c(c3)sc3ccccc34)cc2-c2c(-c3ccccc3)cccc21. The lowest BCUT2D eigenvalue weighted by Gasteiger charge is -2.27. The molecule has 0 radical (unpaired) electrons. The fraction of sp³-hybridized carbons (Fsp3) is 0.0667. The van der Waals surface area contributed by atoms with Crippen LogP contribution in [0.2, 0.25) is 0 Å². The van der Waals surface area contributed by atoms with Gasteiger partial charge in [-0.3, -0.25) is 0 Å². The molecule has 0 aliphatic heterocycles. The molecule has 7 aromatic carbocycles. The smallest absolute Gasteiger partial charge is 0.0476 e. The highest BCUT2D eigenvalue weighted by atomic mass is 32.1. The minimum Gasteiger partial charge on any atom is -0.310 e. The Morgan fingerprint density at radius 2 is 1.06 bits per heavy atom. The van der Waals surface area contributed by atoms with Crippen LogP contribution in [0.15, 0.2) is 164 Å².